The Morgan fingerprint density at radius 3 is 2.78 bits per heavy atom. The fourth-order valence-electron chi connectivity index (χ4n) is 3.25. The summed E-state index contributed by atoms with van der Waals surface area (Å²) in [5, 5.41) is 0. The summed E-state index contributed by atoms with van der Waals surface area (Å²) in [5.74, 6) is -0.537. The second-order valence-corrected chi connectivity index (χ2v) is 6.01. The zero-order valence-corrected chi connectivity index (χ0v) is 13.1. The van der Waals surface area contributed by atoms with Gasteiger partial charge in [0.05, 0.1) is 0 Å². The van der Waals surface area contributed by atoms with Gasteiger partial charge in [-0.25, -0.2) is 8.78 Å². The van der Waals surface area contributed by atoms with Crippen LogP contribution in [0, 0.1) is 18.6 Å². The minimum Gasteiger partial charge on any atom is -0.312 e. The minimum atomic E-state index is -0.287. The molecule has 0 bridgehead atoms. The molecule has 0 spiro atoms. The average molecular weight is 315 g/mol. The molecule has 0 aliphatic carbocycles. The number of amides is 1. The van der Waals surface area contributed by atoms with Gasteiger partial charge in [0.15, 0.2) is 0 Å². The van der Waals surface area contributed by atoms with E-state index in [1.807, 2.05) is 13.0 Å². The SMILES string of the molecule is Cc1cc(F)cc2c1N(C(=O)CCc1cccc(F)c1)CCC2. The zero-order valence-electron chi connectivity index (χ0n) is 13.1. The van der Waals surface area contributed by atoms with Crippen molar-refractivity contribution in [2.45, 2.75) is 32.6 Å². The molecule has 2 aromatic carbocycles. The van der Waals surface area contributed by atoms with E-state index in [1.54, 1.807) is 11.0 Å². The molecule has 0 atom stereocenters. The number of hydrogen-bond donors (Lipinski definition) is 0. The van der Waals surface area contributed by atoms with Crippen LogP contribution in [-0.4, -0.2) is 12.5 Å². The number of anilines is 1. The molecular weight excluding hydrogens is 296 g/mol. The van der Waals surface area contributed by atoms with Gasteiger partial charge in [-0.3, -0.25) is 4.79 Å². The predicted octanol–water partition coefficient (Wildman–Crippen LogP) is 4.19. The number of hydrogen-bond acceptors (Lipinski definition) is 1. The van der Waals surface area contributed by atoms with E-state index in [-0.39, 0.29) is 17.5 Å². The van der Waals surface area contributed by atoms with E-state index in [4.69, 9.17) is 0 Å². The lowest BCUT2D eigenvalue weighted by Gasteiger charge is -2.31. The second kappa shape index (κ2) is 6.49. The first-order valence-electron chi connectivity index (χ1n) is 7.88. The normalized spacial score (nSPS) is 13.8. The Bertz CT molecular complexity index is 742. The van der Waals surface area contributed by atoms with E-state index in [0.717, 1.165) is 35.2 Å². The Morgan fingerprint density at radius 1 is 1.17 bits per heavy atom. The average Bonchev–Trinajstić information content (AvgIpc) is 2.51. The minimum absolute atomic E-state index is 0.00455. The molecule has 0 saturated carbocycles. The Labute approximate surface area is 134 Å². The Kier molecular flexibility index (Phi) is 4.42. The third-order valence-electron chi connectivity index (χ3n) is 4.26. The van der Waals surface area contributed by atoms with Crippen LogP contribution in [0.5, 0.6) is 0 Å². The van der Waals surface area contributed by atoms with Gasteiger partial charge in [-0.15, -0.1) is 0 Å². The number of rotatable bonds is 3. The third kappa shape index (κ3) is 3.41. The molecule has 3 rings (SSSR count). The van der Waals surface area contributed by atoms with E-state index in [0.29, 0.717) is 19.4 Å². The maximum atomic E-state index is 13.6. The highest BCUT2D eigenvalue weighted by Crippen LogP contribution is 2.32. The summed E-state index contributed by atoms with van der Waals surface area (Å²) in [4.78, 5) is 14.4. The molecule has 0 radical (unpaired) electrons. The number of fused-ring (bicyclic) bond motifs is 1. The molecule has 4 heteroatoms. The van der Waals surface area contributed by atoms with Crippen molar-refractivity contribution in [1.82, 2.24) is 0 Å². The quantitative estimate of drug-likeness (QED) is 0.832. The molecule has 0 N–H and O–H groups in total. The van der Waals surface area contributed by atoms with Crippen LogP contribution in [0.25, 0.3) is 0 Å². The number of carbonyl (C=O) groups excluding carboxylic acids is 1. The summed E-state index contributed by atoms with van der Waals surface area (Å²) in [6, 6.07) is 9.31. The highest BCUT2D eigenvalue weighted by Gasteiger charge is 2.24. The zero-order chi connectivity index (χ0) is 16.4. The van der Waals surface area contributed by atoms with E-state index in [9.17, 15) is 13.6 Å². The van der Waals surface area contributed by atoms with Gasteiger partial charge < -0.3 is 4.90 Å². The van der Waals surface area contributed by atoms with Gasteiger partial charge in [-0.2, -0.15) is 0 Å². The molecule has 2 aromatic rings. The molecule has 0 fully saturated rings. The van der Waals surface area contributed by atoms with Crippen molar-refractivity contribution in [2.24, 2.45) is 0 Å². The summed E-state index contributed by atoms with van der Waals surface area (Å²) >= 11 is 0. The topological polar surface area (TPSA) is 20.3 Å². The van der Waals surface area contributed by atoms with Gasteiger partial charge in [-0.05, 0) is 67.1 Å². The van der Waals surface area contributed by atoms with Crippen molar-refractivity contribution in [1.29, 1.82) is 0 Å². The van der Waals surface area contributed by atoms with Crippen molar-refractivity contribution in [3.63, 3.8) is 0 Å². The van der Waals surface area contributed by atoms with Crippen LogP contribution in [0.15, 0.2) is 36.4 Å². The first-order valence-corrected chi connectivity index (χ1v) is 7.88. The fraction of sp³-hybridized carbons (Fsp3) is 0.316. The molecule has 120 valence electrons. The molecule has 0 aromatic heterocycles. The molecule has 0 saturated heterocycles. The lowest BCUT2D eigenvalue weighted by molar-refractivity contribution is -0.118. The van der Waals surface area contributed by atoms with Crippen molar-refractivity contribution < 1.29 is 13.6 Å². The van der Waals surface area contributed by atoms with Crippen LogP contribution in [0.4, 0.5) is 14.5 Å². The van der Waals surface area contributed by atoms with Crippen molar-refractivity contribution in [3.8, 4) is 0 Å². The van der Waals surface area contributed by atoms with Crippen molar-refractivity contribution in [3.05, 3.63) is 64.7 Å². The lowest BCUT2D eigenvalue weighted by Crippen LogP contribution is -2.36. The largest absolute Gasteiger partial charge is 0.312 e. The molecular formula is C19H19F2NO. The van der Waals surface area contributed by atoms with Gasteiger partial charge in [0.1, 0.15) is 11.6 Å². The van der Waals surface area contributed by atoms with E-state index < -0.39 is 0 Å². The monoisotopic (exact) mass is 315 g/mol. The highest BCUT2D eigenvalue weighted by molar-refractivity contribution is 5.95. The van der Waals surface area contributed by atoms with E-state index >= 15 is 0 Å². The van der Waals surface area contributed by atoms with Crippen LogP contribution in [-0.2, 0) is 17.6 Å². The number of nitrogens with zero attached hydrogens (tertiary/aromatic N) is 1. The van der Waals surface area contributed by atoms with Gasteiger partial charge in [0.25, 0.3) is 0 Å². The first-order chi connectivity index (χ1) is 11.0. The van der Waals surface area contributed by atoms with Crippen LogP contribution in [0.2, 0.25) is 0 Å². The van der Waals surface area contributed by atoms with Crippen LogP contribution < -0.4 is 4.90 Å². The predicted molar refractivity (Wildman–Crippen MR) is 86.5 cm³/mol. The van der Waals surface area contributed by atoms with Gasteiger partial charge in [0.2, 0.25) is 5.91 Å². The second-order valence-electron chi connectivity index (χ2n) is 6.01. The van der Waals surface area contributed by atoms with E-state index in [2.05, 4.69) is 0 Å². The van der Waals surface area contributed by atoms with Crippen LogP contribution in [0.1, 0.15) is 29.5 Å². The molecule has 23 heavy (non-hydrogen) atoms. The summed E-state index contributed by atoms with van der Waals surface area (Å²) < 4.78 is 26.8. The molecule has 1 amide bonds. The van der Waals surface area contributed by atoms with Crippen molar-refractivity contribution >= 4 is 11.6 Å². The fourth-order valence-corrected chi connectivity index (χ4v) is 3.25. The molecule has 1 aliphatic rings. The van der Waals surface area contributed by atoms with Crippen LogP contribution in [0.3, 0.4) is 0 Å². The lowest BCUT2D eigenvalue weighted by atomic mass is 9.97. The molecule has 1 aliphatic heterocycles. The first kappa shape index (κ1) is 15.7. The standard InChI is InChI=1S/C19H19F2NO/c1-13-10-17(21)12-15-5-3-9-22(19(13)15)18(23)8-7-14-4-2-6-16(20)11-14/h2,4,6,10-12H,3,5,7-9H2,1H3. The molecule has 2 nitrogen and oxygen atoms in total. The smallest absolute Gasteiger partial charge is 0.227 e. The number of halogens is 2. The summed E-state index contributed by atoms with van der Waals surface area (Å²) in [7, 11) is 0. The van der Waals surface area contributed by atoms with Crippen LogP contribution >= 0.6 is 0 Å². The van der Waals surface area contributed by atoms with Gasteiger partial charge in [0, 0.05) is 18.7 Å². The highest BCUT2D eigenvalue weighted by atomic mass is 19.1. The van der Waals surface area contributed by atoms with E-state index in [1.165, 1.54) is 24.3 Å². The summed E-state index contributed by atoms with van der Waals surface area (Å²) in [5.41, 5.74) is 3.35. The van der Waals surface area contributed by atoms with Gasteiger partial charge >= 0.3 is 0 Å². The molecule has 1 heterocycles. The third-order valence-corrected chi connectivity index (χ3v) is 4.26. The number of benzene rings is 2. The Balaban J connectivity index is 1.77. The summed E-state index contributed by atoms with van der Waals surface area (Å²) in [6.07, 6.45) is 2.45. The summed E-state index contributed by atoms with van der Waals surface area (Å²) in [6.45, 7) is 2.49. The molecule has 0 unspecified atom stereocenters. The maximum Gasteiger partial charge on any atom is 0.227 e. The Hall–Kier alpha value is -2.23. The number of aryl methyl sites for hydroxylation is 3. The van der Waals surface area contributed by atoms with Crippen molar-refractivity contribution in [2.75, 3.05) is 11.4 Å². The maximum absolute atomic E-state index is 13.6. The Morgan fingerprint density at radius 2 is 2.00 bits per heavy atom. The number of carbonyl (C=O) groups is 1. The van der Waals surface area contributed by atoms with Gasteiger partial charge in [-0.1, -0.05) is 12.1 Å².